The molecular formula is C11H25B. The standard InChI is InChI=1S/C11H25B/c1-6-9-10(4,7-2)11(5,12)8-3/h6-9,12H2,1-5H3. The second-order valence-corrected chi connectivity index (χ2v) is 4.90. The van der Waals surface area contributed by atoms with E-state index in [0.29, 0.717) is 10.7 Å². The molecule has 0 amide bonds. The molecule has 0 aromatic rings. The average Bonchev–Trinajstić information content (AvgIpc) is 2.04. The average molecular weight is 168 g/mol. The van der Waals surface area contributed by atoms with Crippen LogP contribution in [0.25, 0.3) is 0 Å². The van der Waals surface area contributed by atoms with Gasteiger partial charge < -0.3 is 0 Å². The highest BCUT2D eigenvalue weighted by Crippen LogP contribution is 2.50. The Bertz CT molecular complexity index is 129. The van der Waals surface area contributed by atoms with E-state index in [2.05, 4.69) is 42.5 Å². The molecule has 2 unspecified atom stereocenters. The highest BCUT2D eigenvalue weighted by Gasteiger charge is 2.36. The molecule has 0 fully saturated rings. The van der Waals surface area contributed by atoms with Crippen LogP contribution in [0.4, 0.5) is 0 Å². The van der Waals surface area contributed by atoms with Gasteiger partial charge in [-0.3, -0.25) is 0 Å². The Morgan fingerprint density at radius 2 is 1.50 bits per heavy atom. The summed E-state index contributed by atoms with van der Waals surface area (Å²) in [5.41, 5.74) is 0.538. The summed E-state index contributed by atoms with van der Waals surface area (Å²) in [5, 5.41) is 0.498. The van der Waals surface area contributed by atoms with Gasteiger partial charge in [0, 0.05) is 0 Å². The Labute approximate surface area is 79.5 Å². The maximum Gasteiger partial charge on any atom is 0.109 e. The van der Waals surface area contributed by atoms with Gasteiger partial charge in [-0.2, -0.15) is 0 Å². The van der Waals surface area contributed by atoms with E-state index >= 15 is 0 Å². The highest BCUT2D eigenvalue weighted by molar-refractivity contribution is 6.15. The number of hydrogen-bond acceptors (Lipinski definition) is 0. The van der Waals surface area contributed by atoms with Crippen LogP contribution in [0, 0.1) is 5.41 Å². The van der Waals surface area contributed by atoms with Crippen LogP contribution < -0.4 is 0 Å². The molecule has 0 aromatic heterocycles. The first-order chi connectivity index (χ1) is 5.43. The Kier molecular flexibility index (Phi) is 4.37. The van der Waals surface area contributed by atoms with Gasteiger partial charge in [0.05, 0.1) is 0 Å². The predicted molar refractivity (Wildman–Crippen MR) is 60.5 cm³/mol. The molecule has 0 spiro atoms. The summed E-state index contributed by atoms with van der Waals surface area (Å²) in [6.07, 6.45) is 5.27. The Morgan fingerprint density at radius 3 is 1.75 bits per heavy atom. The molecule has 0 saturated carbocycles. The zero-order valence-corrected chi connectivity index (χ0v) is 9.83. The molecule has 0 aliphatic rings. The van der Waals surface area contributed by atoms with Gasteiger partial charge in [-0.05, 0) is 11.8 Å². The first-order valence-electron chi connectivity index (χ1n) is 5.43. The fraction of sp³-hybridized carbons (Fsp3) is 1.00. The Hall–Kier alpha value is 0.0649. The van der Waals surface area contributed by atoms with Gasteiger partial charge in [0.25, 0.3) is 0 Å². The molecule has 0 aliphatic carbocycles. The third-order valence-corrected chi connectivity index (χ3v) is 4.10. The second kappa shape index (κ2) is 4.34. The lowest BCUT2D eigenvalue weighted by Crippen LogP contribution is -2.31. The number of hydrogen-bond donors (Lipinski definition) is 0. The molecular weight excluding hydrogens is 143 g/mol. The van der Waals surface area contributed by atoms with E-state index in [4.69, 9.17) is 0 Å². The zero-order valence-electron chi connectivity index (χ0n) is 9.83. The molecule has 2 atom stereocenters. The van der Waals surface area contributed by atoms with E-state index in [-0.39, 0.29) is 0 Å². The van der Waals surface area contributed by atoms with Crippen LogP contribution in [0.1, 0.15) is 60.3 Å². The maximum atomic E-state index is 2.44. The molecule has 12 heavy (non-hydrogen) atoms. The van der Waals surface area contributed by atoms with E-state index < -0.39 is 0 Å². The monoisotopic (exact) mass is 168 g/mol. The normalized spacial score (nSPS) is 21.4. The Morgan fingerprint density at radius 1 is 1.00 bits per heavy atom. The van der Waals surface area contributed by atoms with E-state index in [0.717, 1.165) is 0 Å². The van der Waals surface area contributed by atoms with Crippen molar-refractivity contribution in [2.45, 2.75) is 65.6 Å². The SMILES string of the molecule is BC(C)(CC)C(C)(CC)CCC. The van der Waals surface area contributed by atoms with E-state index in [1.54, 1.807) is 0 Å². The quantitative estimate of drug-likeness (QED) is 0.551. The van der Waals surface area contributed by atoms with E-state index in [9.17, 15) is 0 Å². The van der Waals surface area contributed by atoms with Crippen molar-refractivity contribution in [1.29, 1.82) is 0 Å². The van der Waals surface area contributed by atoms with Gasteiger partial charge in [-0.1, -0.05) is 59.2 Å². The van der Waals surface area contributed by atoms with Gasteiger partial charge >= 0.3 is 0 Å². The maximum absolute atomic E-state index is 2.44. The summed E-state index contributed by atoms with van der Waals surface area (Å²) >= 11 is 0. The molecule has 0 rings (SSSR count). The molecule has 0 bridgehead atoms. The summed E-state index contributed by atoms with van der Waals surface area (Å²) in [5.74, 6) is 0. The third kappa shape index (κ3) is 2.28. The van der Waals surface area contributed by atoms with Crippen molar-refractivity contribution in [3.05, 3.63) is 0 Å². The lowest BCUT2D eigenvalue weighted by atomic mass is 9.50. The van der Waals surface area contributed by atoms with E-state index in [1.807, 2.05) is 0 Å². The summed E-state index contributed by atoms with van der Waals surface area (Å²) in [7, 11) is 2.41. The van der Waals surface area contributed by atoms with Crippen LogP contribution in [-0.4, -0.2) is 7.85 Å². The van der Waals surface area contributed by atoms with Gasteiger partial charge in [-0.25, -0.2) is 0 Å². The van der Waals surface area contributed by atoms with Crippen molar-refractivity contribution in [3.63, 3.8) is 0 Å². The molecule has 1 heteroatoms. The van der Waals surface area contributed by atoms with Crippen molar-refractivity contribution in [2.75, 3.05) is 0 Å². The van der Waals surface area contributed by atoms with Gasteiger partial charge in [0.1, 0.15) is 7.85 Å². The van der Waals surface area contributed by atoms with E-state index in [1.165, 1.54) is 25.7 Å². The summed E-state index contributed by atoms with van der Waals surface area (Å²) < 4.78 is 0. The predicted octanol–water partition coefficient (Wildman–Crippen LogP) is 3.42. The minimum atomic E-state index is 0.498. The van der Waals surface area contributed by atoms with Crippen molar-refractivity contribution in [3.8, 4) is 0 Å². The summed E-state index contributed by atoms with van der Waals surface area (Å²) in [4.78, 5) is 0. The molecule has 0 aromatic carbocycles. The van der Waals surface area contributed by atoms with Crippen LogP contribution in [0.3, 0.4) is 0 Å². The molecule has 0 saturated heterocycles. The molecule has 0 aliphatic heterocycles. The lowest BCUT2D eigenvalue weighted by Gasteiger charge is -2.44. The summed E-state index contributed by atoms with van der Waals surface area (Å²) in [6.45, 7) is 11.8. The first-order valence-corrected chi connectivity index (χ1v) is 5.43. The molecule has 0 nitrogen and oxygen atoms in total. The smallest absolute Gasteiger partial charge is 0.0664 e. The molecule has 0 radical (unpaired) electrons. The zero-order chi connectivity index (χ0) is 9.83. The minimum absolute atomic E-state index is 0.498. The molecule has 0 N–H and O–H groups in total. The van der Waals surface area contributed by atoms with Crippen molar-refractivity contribution < 1.29 is 0 Å². The van der Waals surface area contributed by atoms with Crippen molar-refractivity contribution in [2.24, 2.45) is 5.41 Å². The lowest BCUT2D eigenvalue weighted by molar-refractivity contribution is 0.185. The highest BCUT2D eigenvalue weighted by atomic mass is 14.4. The van der Waals surface area contributed by atoms with Gasteiger partial charge in [0.15, 0.2) is 0 Å². The van der Waals surface area contributed by atoms with Crippen molar-refractivity contribution in [1.82, 2.24) is 0 Å². The van der Waals surface area contributed by atoms with Crippen LogP contribution >= 0.6 is 0 Å². The fourth-order valence-electron chi connectivity index (χ4n) is 1.97. The van der Waals surface area contributed by atoms with Crippen LogP contribution in [0.5, 0.6) is 0 Å². The van der Waals surface area contributed by atoms with Crippen LogP contribution in [0.15, 0.2) is 0 Å². The fourth-order valence-corrected chi connectivity index (χ4v) is 1.97. The van der Waals surface area contributed by atoms with Crippen LogP contribution in [-0.2, 0) is 0 Å². The molecule has 72 valence electrons. The topological polar surface area (TPSA) is 0 Å². The minimum Gasteiger partial charge on any atom is -0.0664 e. The second-order valence-electron chi connectivity index (χ2n) is 4.90. The Balaban J connectivity index is 4.49. The third-order valence-electron chi connectivity index (χ3n) is 4.10. The number of rotatable bonds is 5. The van der Waals surface area contributed by atoms with Gasteiger partial charge in [0.2, 0.25) is 0 Å². The van der Waals surface area contributed by atoms with Gasteiger partial charge in [-0.15, -0.1) is 0 Å². The van der Waals surface area contributed by atoms with Crippen LogP contribution in [0.2, 0.25) is 5.31 Å². The largest absolute Gasteiger partial charge is 0.109 e. The first kappa shape index (κ1) is 12.1. The van der Waals surface area contributed by atoms with Crippen molar-refractivity contribution >= 4 is 7.85 Å². The summed E-state index contributed by atoms with van der Waals surface area (Å²) in [6, 6.07) is 0. The molecule has 0 heterocycles.